The number of sulfonamides is 1. The molecule has 0 spiro atoms. The molecule has 0 bridgehead atoms. The fraction of sp³-hybridized carbons (Fsp3) is 0.538. The van der Waals surface area contributed by atoms with Crippen LogP contribution in [0.4, 0.5) is 4.39 Å². The molecule has 0 aromatic heterocycles. The minimum atomic E-state index is -3.73. The Bertz CT molecular complexity index is 610. The van der Waals surface area contributed by atoms with E-state index in [-0.39, 0.29) is 22.6 Å². The second-order valence-corrected chi connectivity index (χ2v) is 7.07. The molecule has 1 aliphatic heterocycles. The van der Waals surface area contributed by atoms with Crippen LogP contribution in [0, 0.1) is 12.7 Å². The molecule has 1 heterocycles. The van der Waals surface area contributed by atoms with Crippen LogP contribution >= 0.6 is 0 Å². The Kier molecular flexibility index (Phi) is 4.15. The van der Waals surface area contributed by atoms with Crippen LogP contribution < -0.4 is 10.5 Å². The summed E-state index contributed by atoms with van der Waals surface area (Å²) in [6, 6.07) is 2.60. The van der Waals surface area contributed by atoms with E-state index in [1.54, 1.807) is 6.92 Å². The lowest BCUT2D eigenvalue weighted by Gasteiger charge is -2.23. The van der Waals surface area contributed by atoms with Gasteiger partial charge in [-0.25, -0.2) is 17.5 Å². The van der Waals surface area contributed by atoms with Gasteiger partial charge in [-0.15, -0.1) is 0 Å². The average molecular weight is 302 g/mol. The highest BCUT2D eigenvalue weighted by Gasteiger charge is 2.34. The molecule has 112 valence electrons. The molecule has 5 nitrogen and oxygen atoms in total. The highest BCUT2D eigenvalue weighted by atomic mass is 32.2. The lowest BCUT2D eigenvalue weighted by molar-refractivity contribution is 0.178. The fourth-order valence-electron chi connectivity index (χ4n) is 2.24. The smallest absolute Gasteiger partial charge is 0.241 e. The summed E-state index contributed by atoms with van der Waals surface area (Å²) in [5, 5.41) is 0. The highest BCUT2D eigenvalue weighted by Crippen LogP contribution is 2.23. The molecule has 1 atom stereocenters. The van der Waals surface area contributed by atoms with Crippen molar-refractivity contribution in [2.75, 3.05) is 13.2 Å². The molecule has 1 aromatic carbocycles. The van der Waals surface area contributed by atoms with Gasteiger partial charge in [0.15, 0.2) is 0 Å². The molecule has 0 radical (unpaired) electrons. The molecule has 1 aliphatic rings. The van der Waals surface area contributed by atoms with Crippen molar-refractivity contribution in [1.82, 2.24) is 4.72 Å². The molecule has 1 saturated heterocycles. The van der Waals surface area contributed by atoms with Crippen molar-refractivity contribution in [3.8, 4) is 0 Å². The number of ether oxygens (including phenoxy) is 1. The first-order chi connectivity index (χ1) is 9.27. The van der Waals surface area contributed by atoms with Gasteiger partial charge >= 0.3 is 0 Å². The third-order valence-electron chi connectivity index (χ3n) is 3.43. The molecular formula is C13H19FN2O3S. The maximum Gasteiger partial charge on any atom is 0.241 e. The van der Waals surface area contributed by atoms with Crippen molar-refractivity contribution in [3.63, 3.8) is 0 Å². The van der Waals surface area contributed by atoms with Gasteiger partial charge in [-0.2, -0.15) is 0 Å². The molecule has 0 saturated carbocycles. The van der Waals surface area contributed by atoms with Crippen LogP contribution in [0.3, 0.4) is 0 Å². The second kappa shape index (κ2) is 5.40. The van der Waals surface area contributed by atoms with Gasteiger partial charge in [0.1, 0.15) is 5.82 Å². The zero-order valence-corrected chi connectivity index (χ0v) is 12.4. The van der Waals surface area contributed by atoms with E-state index >= 15 is 0 Å². The molecule has 1 aromatic rings. The van der Waals surface area contributed by atoms with E-state index in [1.165, 1.54) is 19.1 Å². The third kappa shape index (κ3) is 3.01. The molecule has 0 amide bonds. The highest BCUT2D eigenvalue weighted by molar-refractivity contribution is 7.89. The van der Waals surface area contributed by atoms with Crippen molar-refractivity contribution in [2.45, 2.75) is 37.2 Å². The number of benzene rings is 1. The van der Waals surface area contributed by atoms with Gasteiger partial charge in [-0.3, -0.25) is 0 Å². The molecular weight excluding hydrogens is 283 g/mol. The van der Waals surface area contributed by atoms with Gasteiger partial charge < -0.3 is 10.5 Å². The van der Waals surface area contributed by atoms with Gasteiger partial charge in [-0.05, 0) is 38.0 Å². The summed E-state index contributed by atoms with van der Waals surface area (Å²) >= 11 is 0. The first-order valence-corrected chi connectivity index (χ1v) is 7.86. The predicted molar refractivity (Wildman–Crippen MR) is 73.2 cm³/mol. The van der Waals surface area contributed by atoms with Gasteiger partial charge in [0.25, 0.3) is 0 Å². The van der Waals surface area contributed by atoms with Gasteiger partial charge in [0.2, 0.25) is 10.0 Å². The maximum absolute atomic E-state index is 13.7. The van der Waals surface area contributed by atoms with Gasteiger partial charge in [-0.1, -0.05) is 0 Å². The van der Waals surface area contributed by atoms with Crippen LogP contribution in [-0.2, 0) is 21.3 Å². The summed E-state index contributed by atoms with van der Waals surface area (Å²) in [6.45, 7) is 4.12. The van der Waals surface area contributed by atoms with Crippen molar-refractivity contribution in [3.05, 3.63) is 29.1 Å². The Balaban J connectivity index is 2.37. The maximum atomic E-state index is 13.7. The van der Waals surface area contributed by atoms with E-state index < -0.39 is 21.4 Å². The minimum absolute atomic E-state index is 0.0324. The zero-order chi connectivity index (χ0) is 15.0. The Labute approximate surface area is 118 Å². The largest absolute Gasteiger partial charge is 0.379 e. The lowest BCUT2D eigenvalue weighted by Crippen LogP contribution is -2.46. The number of nitrogens with one attached hydrogen (secondary N) is 1. The Hall–Kier alpha value is -1.02. The SMILES string of the molecule is Cc1cc(S(=O)(=O)NC2(C)CCOC2)cc(CN)c1F. The van der Waals surface area contributed by atoms with Crippen LogP contribution in [0.2, 0.25) is 0 Å². The van der Waals surface area contributed by atoms with Crippen LogP contribution in [0.1, 0.15) is 24.5 Å². The number of nitrogens with two attached hydrogens (primary N) is 1. The number of aryl methyl sites for hydroxylation is 1. The fourth-order valence-corrected chi connectivity index (χ4v) is 3.80. The van der Waals surface area contributed by atoms with E-state index in [4.69, 9.17) is 10.5 Å². The summed E-state index contributed by atoms with van der Waals surface area (Å²) in [7, 11) is -3.73. The van der Waals surface area contributed by atoms with Crippen LogP contribution in [-0.4, -0.2) is 27.2 Å². The van der Waals surface area contributed by atoms with E-state index in [1.807, 2.05) is 0 Å². The average Bonchev–Trinajstić information content (AvgIpc) is 2.77. The Morgan fingerprint density at radius 1 is 1.50 bits per heavy atom. The molecule has 2 rings (SSSR count). The Morgan fingerprint density at radius 2 is 2.20 bits per heavy atom. The monoisotopic (exact) mass is 302 g/mol. The summed E-state index contributed by atoms with van der Waals surface area (Å²) in [6.07, 6.45) is 0.607. The van der Waals surface area contributed by atoms with Crippen molar-refractivity contribution in [1.29, 1.82) is 0 Å². The number of hydrogen-bond acceptors (Lipinski definition) is 4. The van der Waals surface area contributed by atoms with Crippen LogP contribution in [0.25, 0.3) is 0 Å². The third-order valence-corrected chi connectivity index (χ3v) is 5.05. The molecule has 1 unspecified atom stereocenters. The summed E-state index contributed by atoms with van der Waals surface area (Å²) in [5.74, 6) is -0.457. The first-order valence-electron chi connectivity index (χ1n) is 6.38. The summed E-state index contributed by atoms with van der Waals surface area (Å²) in [4.78, 5) is 0.0324. The van der Waals surface area contributed by atoms with E-state index in [2.05, 4.69) is 4.72 Å². The predicted octanol–water partition coefficient (Wildman–Crippen LogP) is 1.05. The number of hydrogen-bond donors (Lipinski definition) is 2. The van der Waals surface area contributed by atoms with Crippen molar-refractivity contribution < 1.29 is 17.5 Å². The quantitative estimate of drug-likeness (QED) is 0.871. The topological polar surface area (TPSA) is 81.4 Å². The van der Waals surface area contributed by atoms with Crippen LogP contribution in [0.15, 0.2) is 17.0 Å². The zero-order valence-electron chi connectivity index (χ0n) is 11.6. The van der Waals surface area contributed by atoms with E-state index in [0.717, 1.165) is 0 Å². The lowest BCUT2D eigenvalue weighted by atomic mass is 10.0. The first kappa shape index (κ1) is 15.4. The summed E-state index contributed by atoms with van der Waals surface area (Å²) in [5.41, 5.74) is 5.28. The molecule has 20 heavy (non-hydrogen) atoms. The minimum Gasteiger partial charge on any atom is -0.379 e. The van der Waals surface area contributed by atoms with Crippen molar-refractivity contribution >= 4 is 10.0 Å². The number of rotatable bonds is 4. The standard InChI is InChI=1S/C13H19FN2O3S/c1-9-5-11(6-10(7-15)12(9)14)20(17,18)16-13(2)3-4-19-8-13/h5-6,16H,3-4,7-8,15H2,1-2H3. The normalized spacial score (nSPS) is 23.2. The second-order valence-electron chi connectivity index (χ2n) is 5.39. The molecule has 0 aliphatic carbocycles. The molecule has 1 fully saturated rings. The Morgan fingerprint density at radius 3 is 2.75 bits per heavy atom. The van der Waals surface area contributed by atoms with Crippen molar-refractivity contribution in [2.24, 2.45) is 5.73 Å². The van der Waals surface area contributed by atoms with E-state index in [0.29, 0.717) is 19.6 Å². The van der Waals surface area contributed by atoms with Crippen LogP contribution in [0.5, 0.6) is 0 Å². The number of halogens is 1. The molecule has 7 heteroatoms. The molecule has 3 N–H and O–H groups in total. The van der Waals surface area contributed by atoms with Gasteiger partial charge in [0.05, 0.1) is 17.0 Å². The van der Waals surface area contributed by atoms with E-state index in [9.17, 15) is 12.8 Å². The van der Waals surface area contributed by atoms with Gasteiger partial charge in [0, 0.05) is 18.7 Å². The summed E-state index contributed by atoms with van der Waals surface area (Å²) < 4.78 is 46.4.